The van der Waals surface area contributed by atoms with Crippen LogP contribution in [0.25, 0.3) is 16.8 Å². The highest BCUT2D eigenvalue weighted by Gasteiger charge is 2.23. The molecule has 1 amide bonds. The predicted molar refractivity (Wildman–Crippen MR) is 145 cm³/mol. The van der Waals surface area contributed by atoms with Gasteiger partial charge in [0.15, 0.2) is 5.17 Å². The summed E-state index contributed by atoms with van der Waals surface area (Å²) in [5, 5.41) is 5.83. The highest BCUT2D eigenvalue weighted by Crippen LogP contribution is 2.29. The van der Waals surface area contributed by atoms with Gasteiger partial charge in [0, 0.05) is 3.57 Å². The van der Waals surface area contributed by atoms with Gasteiger partial charge >= 0.3 is 0 Å². The maximum atomic E-state index is 12.4. The first-order chi connectivity index (χ1) is 16.1. The number of nitrogens with one attached hydrogen (secondary N) is 1. The highest BCUT2D eigenvalue weighted by atomic mass is 127. The number of amides is 1. The monoisotopic (exact) mass is 562 g/mol. The quantitative estimate of drug-likeness (QED) is 0.212. The van der Waals surface area contributed by atoms with Crippen LogP contribution in [0.15, 0.2) is 101 Å². The number of rotatable bonds is 5. The van der Waals surface area contributed by atoms with Crippen molar-refractivity contribution in [1.82, 2.24) is 5.32 Å². The third kappa shape index (κ3) is 5.29. The van der Waals surface area contributed by atoms with Crippen molar-refractivity contribution in [2.75, 3.05) is 0 Å². The molecule has 1 heterocycles. The standard InChI is InChI=1S/C27H19IN2O2S/c28-21-8-4-9-22(16-21)29-27-30-26(31)25(33-27)15-18-11-13-23(14-12-18)32-17-20-7-3-6-19-5-1-2-10-24(19)20/h1-16H,17H2,(H,29,30,31)/b25-15+. The van der Waals surface area contributed by atoms with Crippen molar-refractivity contribution in [3.63, 3.8) is 0 Å². The predicted octanol–water partition coefficient (Wildman–Crippen LogP) is 6.92. The zero-order valence-electron chi connectivity index (χ0n) is 17.5. The summed E-state index contributed by atoms with van der Waals surface area (Å²) in [6.45, 7) is 0.498. The maximum Gasteiger partial charge on any atom is 0.264 e. The molecule has 1 aliphatic rings. The largest absolute Gasteiger partial charge is 0.489 e. The highest BCUT2D eigenvalue weighted by molar-refractivity contribution is 14.1. The fraction of sp³-hybridized carbons (Fsp3) is 0.0370. The number of hydrogen-bond acceptors (Lipinski definition) is 4. The molecule has 162 valence electrons. The van der Waals surface area contributed by atoms with Crippen molar-refractivity contribution < 1.29 is 9.53 Å². The lowest BCUT2D eigenvalue weighted by atomic mass is 10.1. The minimum atomic E-state index is -0.138. The van der Waals surface area contributed by atoms with Crippen molar-refractivity contribution >= 4 is 68.0 Å². The van der Waals surface area contributed by atoms with Gasteiger partial charge in [0.2, 0.25) is 0 Å². The molecule has 4 aromatic rings. The second-order valence-electron chi connectivity index (χ2n) is 7.46. The third-order valence-electron chi connectivity index (χ3n) is 5.14. The lowest BCUT2D eigenvalue weighted by molar-refractivity contribution is -0.115. The van der Waals surface area contributed by atoms with Gasteiger partial charge in [-0.2, -0.15) is 0 Å². The number of carbonyl (C=O) groups excluding carboxylic acids is 1. The number of aliphatic imine (C=N–C) groups is 1. The van der Waals surface area contributed by atoms with Crippen molar-refractivity contribution in [3.05, 3.63) is 111 Å². The number of amidine groups is 1. The van der Waals surface area contributed by atoms with Crippen LogP contribution in [0.2, 0.25) is 0 Å². The summed E-state index contributed by atoms with van der Waals surface area (Å²) in [6, 6.07) is 30.2. The molecule has 33 heavy (non-hydrogen) atoms. The number of fused-ring (bicyclic) bond motifs is 1. The molecule has 4 aromatic carbocycles. The first-order valence-corrected chi connectivity index (χ1v) is 12.3. The Labute approximate surface area is 209 Å². The van der Waals surface area contributed by atoms with Crippen molar-refractivity contribution in [2.45, 2.75) is 6.61 Å². The fourth-order valence-electron chi connectivity index (χ4n) is 3.53. The second-order valence-corrected chi connectivity index (χ2v) is 9.73. The molecule has 4 nitrogen and oxygen atoms in total. The zero-order valence-corrected chi connectivity index (χ0v) is 20.5. The molecule has 1 aliphatic heterocycles. The third-order valence-corrected chi connectivity index (χ3v) is 6.72. The van der Waals surface area contributed by atoms with Crippen LogP contribution in [0, 0.1) is 3.57 Å². The Balaban J connectivity index is 1.26. The number of hydrogen-bond donors (Lipinski definition) is 1. The smallest absolute Gasteiger partial charge is 0.264 e. The van der Waals surface area contributed by atoms with E-state index in [1.807, 2.05) is 66.7 Å². The van der Waals surface area contributed by atoms with Crippen LogP contribution in [0.5, 0.6) is 5.75 Å². The normalized spacial score (nSPS) is 15.8. The van der Waals surface area contributed by atoms with E-state index < -0.39 is 0 Å². The van der Waals surface area contributed by atoms with Crippen LogP contribution in [-0.2, 0) is 11.4 Å². The summed E-state index contributed by atoms with van der Waals surface area (Å²) in [6.07, 6.45) is 1.87. The first kappa shape index (κ1) is 21.7. The maximum absolute atomic E-state index is 12.4. The molecule has 6 heteroatoms. The Morgan fingerprint density at radius 2 is 1.73 bits per heavy atom. The lowest BCUT2D eigenvalue weighted by Crippen LogP contribution is -2.19. The Morgan fingerprint density at radius 3 is 2.58 bits per heavy atom. The summed E-state index contributed by atoms with van der Waals surface area (Å²) in [7, 11) is 0. The van der Waals surface area contributed by atoms with E-state index in [1.165, 1.54) is 22.5 Å². The van der Waals surface area contributed by atoms with Crippen molar-refractivity contribution in [2.24, 2.45) is 4.99 Å². The van der Waals surface area contributed by atoms with E-state index in [4.69, 9.17) is 4.74 Å². The Morgan fingerprint density at radius 1 is 0.939 bits per heavy atom. The van der Waals surface area contributed by atoms with Crippen LogP contribution >= 0.6 is 34.4 Å². The van der Waals surface area contributed by atoms with Crippen LogP contribution in [0.1, 0.15) is 11.1 Å². The Hall–Kier alpha value is -3.10. The zero-order chi connectivity index (χ0) is 22.6. The van der Waals surface area contributed by atoms with E-state index >= 15 is 0 Å². The Kier molecular flexibility index (Phi) is 6.46. The molecule has 0 bridgehead atoms. The number of thioether (sulfide) groups is 1. The van der Waals surface area contributed by atoms with E-state index in [-0.39, 0.29) is 5.91 Å². The van der Waals surface area contributed by atoms with E-state index in [1.54, 1.807) is 0 Å². The topological polar surface area (TPSA) is 50.7 Å². The Bertz CT molecular complexity index is 1390. The van der Waals surface area contributed by atoms with Gasteiger partial charge in [-0.1, -0.05) is 60.7 Å². The molecular formula is C27H19IN2O2S. The second kappa shape index (κ2) is 9.80. The molecular weight excluding hydrogens is 543 g/mol. The van der Waals surface area contributed by atoms with Crippen LogP contribution in [-0.4, -0.2) is 11.1 Å². The van der Waals surface area contributed by atoms with E-state index in [0.29, 0.717) is 16.7 Å². The molecule has 0 saturated carbocycles. The van der Waals surface area contributed by atoms with Gasteiger partial charge in [-0.25, -0.2) is 4.99 Å². The molecule has 0 unspecified atom stereocenters. The summed E-state index contributed by atoms with van der Waals surface area (Å²) in [5.41, 5.74) is 2.90. The molecule has 0 spiro atoms. The van der Waals surface area contributed by atoms with Crippen molar-refractivity contribution in [3.8, 4) is 5.75 Å². The lowest BCUT2D eigenvalue weighted by Gasteiger charge is -2.09. The van der Waals surface area contributed by atoms with Gasteiger partial charge in [0.1, 0.15) is 12.4 Å². The van der Waals surface area contributed by atoms with Gasteiger partial charge in [-0.3, -0.25) is 4.79 Å². The molecule has 0 radical (unpaired) electrons. The van der Waals surface area contributed by atoms with Crippen LogP contribution in [0.4, 0.5) is 5.69 Å². The summed E-state index contributed by atoms with van der Waals surface area (Å²) < 4.78 is 7.11. The number of carbonyl (C=O) groups is 1. The first-order valence-electron chi connectivity index (χ1n) is 10.4. The van der Waals surface area contributed by atoms with Crippen molar-refractivity contribution in [1.29, 1.82) is 0 Å². The molecule has 0 aromatic heterocycles. The van der Waals surface area contributed by atoms with Gasteiger partial charge in [0.05, 0.1) is 10.6 Å². The number of ether oxygens (including phenoxy) is 1. The minimum absolute atomic E-state index is 0.138. The van der Waals surface area contributed by atoms with Crippen LogP contribution in [0.3, 0.4) is 0 Å². The van der Waals surface area contributed by atoms with E-state index in [2.05, 4.69) is 63.2 Å². The van der Waals surface area contributed by atoms with Gasteiger partial charge in [-0.15, -0.1) is 0 Å². The minimum Gasteiger partial charge on any atom is -0.489 e. The average molecular weight is 562 g/mol. The van der Waals surface area contributed by atoms with Gasteiger partial charge in [-0.05, 0) is 92.7 Å². The average Bonchev–Trinajstić information content (AvgIpc) is 3.17. The number of nitrogens with zero attached hydrogens (tertiary/aromatic N) is 1. The number of halogens is 1. The summed E-state index contributed by atoms with van der Waals surface area (Å²) in [5.74, 6) is 0.648. The fourth-order valence-corrected chi connectivity index (χ4v) is 4.90. The molecule has 1 fully saturated rings. The van der Waals surface area contributed by atoms with E-state index in [9.17, 15) is 4.79 Å². The van der Waals surface area contributed by atoms with Gasteiger partial charge < -0.3 is 10.1 Å². The summed E-state index contributed by atoms with van der Waals surface area (Å²) >= 11 is 3.59. The van der Waals surface area contributed by atoms with E-state index in [0.717, 1.165) is 26.1 Å². The summed E-state index contributed by atoms with van der Waals surface area (Å²) in [4.78, 5) is 17.5. The SMILES string of the molecule is O=C1NC(=Nc2cccc(I)c2)S/C1=C/c1ccc(OCc2cccc3ccccc23)cc1. The van der Waals surface area contributed by atoms with Crippen LogP contribution < -0.4 is 10.1 Å². The molecule has 0 aliphatic carbocycles. The van der Waals surface area contributed by atoms with Gasteiger partial charge in [0.25, 0.3) is 5.91 Å². The molecule has 1 saturated heterocycles. The molecule has 5 rings (SSSR count). The molecule has 0 atom stereocenters. The number of benzene rings is 4. The molecule has 1 N–H and O–H groups in total.